The van der Waals surface area contributed by atoms with Crippen LogP contribution in [0, 0.1) is 11.8 Å². The highest BCUT2D eigenvalue weighted by Gasteiger charge is 2.51. The average molecular weight is 285 g/mol. The number of halogens is 6. The van der Waals surface area contributed by atoms with Crippen LogP contribution >= 0.6 is 69.6 Å². The number of hydrogen-bond acceptors (Lipinski definition) is 0. The van der Waals surface area contributed by atoms with E-state index in [0.29, 0.717) is 0 Å². The predicted octanol–water partition coefficient (Wildman–Crippen LogP) is 4.04. The van der Waals surface area contributed by atoms with E-state index in [1.165, 1.54) is 0 Å². The van der Waals surface area contributed by atoms with Crippen molar-refractivity contribution in [2.75, 3.05) is 0 Å². The molecule has 0 saturated heterocycles. The minimum atomic E-state index is -1.68. The molecule has 0 saturated carbocycles. The van der Waals surface area contributed by atoms with E-state index in [9.17, 15) is 0 Å². The summed E-state index contributed by atoms with van der Waals surface area (Å²) in [5, 5.41) is -0.00478. The molecule has 0 bridgehead atoms. The highest BCUT2D eigenvalue weighted by Crippen LogP contribution is 2.51. The normalized spacial score (nSPS) is 24.8. The zero-order chi connectivity index (χ0) is 9.57. The molecule has 66 valence electrons. The van der Waals surface area contributed by atoms with Crippen LogP contribution in [0.4, 0.5) is 0 Å². The summed E-state index contributed by atoms with van der Waals surface area (Å²) < 4.78 is -3.31. The van der Waals surface area contributed by atoms with E-state index in [-0.39, 0.29) is 10.1 Å². The van der Waals surface area contributed by atoms with Gasteiger partial charge in [-0.1, -0.05) is 75.5 Å². The van der Waals surface area contributed by atoms with Crippen molar-refractivity contribution in [3.05, 3.63) is 10.1 Å². The minimum absolute atomic E-state index is 0.0543. The van der Waals surface area contributed by atoms with Crippen LogP contribution in [-0.2, 0) is 0 Å². The van der Waals surface area contributed by atoms with Crippen molar-refractivity contribution in [1.82, 2.24) is 0 Å². The molecule has 0 N–H and O–H groups in total. The van der Waals surface area contributed by atoms with Gasteiger partial charge in [0.1, 0.15) is 5.03 Å². The Morgan fingerprint density at radius 3 is 1.92 bits per heavy atom. The Hall–Kier alpha value is 1.04. The third-order valence-electron chi connectivity index (χ3n) is 1.19. The second-order valence-corrected chi connectivity index (χ2v) is 5.44. The Morgan fingerprint density at radius 2 is 1.50 bits per heavy atom. The zero-order valence-corrected chi connectivity index (χ0v) is 9.80. The lowest BCUT2D eigenvalue weighted by Crippen LogP contribution is -2.37. The summed E-state index contributed by atoms with van der Waals surface area (Å²) in [5.41, 5.74) is 0. The Balaban J connectivity index is 3.28. The van der Waals surface area contributed by atoms with E-state index in [1.54, 1.807) is 0 Å². The molecule has 12 heavy (non-hydrogen) atoms. The van der Waals surface area contributed by atoms with Crippen LogP contribution in [0.1, 0.15) is 0 Å². The van der Waals surface area contributed by atoms with Gasteiger partial charge in [0.2, 0.25) is 4.33 Å². The van der Waals surface area contributed by atoms with Crippen LogP contribution in [-0.4, -0.2) is 8.67 Å². The SMILES string of the molecule is ClC1=C(Cl)C(Cl)(Cl)C(Cl)(Cl)C#C1. The van der Waals surface area contributed by atoms with Crippen LogP contribution in [0.5, 0.6) is 0 Å². The average Bonchev–Trinajstić information content (AvgIpc) is 1.96. The maximum atomic E-state index is 5.73. The molecule has 0 aliphatic heterocycles. The molecule has 1 aliphatic rings. The van der Waals surface area contributed by atoms with Crippen molar-refractivity contribution in [2.45, 2.75) is 8.67 Å². The number of rotatable bonds is 0. The van der Waals surface area contributed by atoms with Gasteiger partial charge in [-0.15, -0.1) is 0 Å². The number of allylic oxidation sites excluding steroid dienone is 2. The lowest BCUT2D eigenvalue weighted by Gasteiger charge is -2.30. The van der Waals surface area contributed by atoms with Crippen molar-refractivity contribution in [2.24, 2.45) is 0 Å². The summed E-state index contributed by atoms with van der Waals surface area (Å²) in [6, 6.07) is 0. The molecule has 0 unspecified atom stereocenters. The van der Waals surface area contributed by atoms with Crippen LogP contribution in [0.15, 0.2) is 10.1 Å². The molecule has 1 aliphatic carbocycles. The molecule has 0 aromatic carbocycles. The van der Waals surface area contributed by atoms with E-state index >= 15 is 0 Å². The first kappa shape index (κ1) is 11.1. The van der Waals surface area contributed by atoms with Gasteiger partial charge in [-0.05, 0) is 5.92 Å². The molecular formula is C6Cl6. The Morgan fingerprint density at radius 1 is 1.00 bits per heavy atom. The van der Waals surface area contributed by atoms with Crippen molar-refractivity contribution in [3.63, 3.8) is 0 Å². The molecule has 0 nitrogen and oxygen atoms in total. The maximum Gasteiger partial charge on any atom is 0.215 e. The highest BCUT2D eigenvalue weighted by molar-refractivity contribution is 6.69. The maximum absolute atomic E-state index is 5.73. The minimum Gasteiger partial charge on any atom is -0.0907 e. The van der Waals surface area contributed by atoms with Gasteiger partial charge in [0, 0.05) is 0 Å². The summed E-state index contributed by atoms with van der Waals surface area (Å²) in [6.07, 6.45) is 0. The molecule has 0 amide bonds. The van der Waals surface area contributed by atoms with E-state index in [1.807, 2.05) is 0 Å². The molecular weight excluding hydrogens is 285 g/mol. The third-order valence-corrected chi connectivity index (χ3v) is 4.33. The fourth-order valence-electron chi connectivity index (χ4n) is 0.542. The van der Waals surface area contributed by atoms with Gasteiger partial charge in [0.15, 0.2) is 4.33 Å². The van der Waals surface area contributed by atoms with Crippen LogP contribution in [0.25, 0.3) is 0 Å². The van der Waals surface area contributed by atoms with Gasteiger partial charge in [0.05, 0.1) is 5.03 Å². The third kappa shape index (κ3) is 1.64. The summed E-state index contributed by atoms with van der Waals surface area (Å²) in [4.78, 5) is 0. The summed E-state index contributed by atoms with van der Waals surface area (Å²) in [6.45, 7) is 0. The predicted molar refractivity (Wildman–Crippen MR) is 55.4 cm³/mol. The van der Waals surface area contributed by atoms with E-state index in [2.05, 4.69) is 11.8 Å². The standard InChI is InChI=1S/C6Cl6/c7-3-1-2-5(9,10)6(11,12)4(3)8. The van der Waals surface area contributed by atoms with Crippen LogP contribution in [0.3, 0.4) is 0 Å². The van der Waals surface area contributed by atoms with Gasteiger partial charge >= 0.3 is 0 Å². The first-order chi connectivity index (χ1) is 5.29. The lowest BCUT2D eigenvalue weighted by molar-refractivity contribution is 0.909. The molecule has 0 fully saturated rings. The number of hydrogen-bond donors (Lipinski definition) is 0. The Bertz CT molecular complexity index is 302. The molecule has 1 rings (SSSR count). The summed E-state index contributed by atoms with van der Waals surface area (Å²) in [7, 11) is 0. The topological polar surface area (TPSA) is 0 Å². The van der Waals surface area contributed by atoms with Gasteiger partial charge < -0.3 is 0 Å². The fraction of sp³-hybridized carbons (Fsp3) is 0.333. The van der Waals surface area contributed by atoms with E-state index in [0.717, 1.165) is 0 Å². The largest absolute Gasteiger partial charge is 0.215 e. The first-order valence-corrected chi connectivity index (χ1v) is 4.90. The monoisotopic (exact) mass is 282 g/mol. The summed E-state index contributed by atoms with van der Waals surface area (Å²) >= 11 is 34.0. The van der Waals surface area contributed by atoms with Crippen molar-refractivity contribution in [1.29, 1.82) is 0 Å². The lowest BCUT2D eigenvalue weighted by atomic mass is 10.2. The molecule has 0 aromatic rings. The van der Waals surface area contributed by atoms with E-state index < -0.39 is 8.67 Å². The van der Waals surface area contributed by atoms with Crippen molar-refractivity contribution in [3.8, 4) is 11.8 Å². The Labute approximate surface area is 99.7 Å². The first-order valence-electron chi connectivity index (χ1n) is 2.63. The molecule has 0 spiro atoms. The van der Waals surface area contributed by atoms with Crippen LogP contribution in [0.2, 0.25) is 0 Å². The zero-order valence-electron chi connectivity index (χ0n) is 5.27. The second-order valence-electron chi connectivity index (χ2n) is 2.03. The quantitative estimate of drug-likeness (QED) is 0.465. The second kappa shape index (κ2) is 3.31. The molecule has 0 radical (unpaired) electrons. The highest BCUT2D eigenvalue weighted by atomic mass is 35.5. The molecule has 0 aromatic heterocycles. The molecule has 6 heteroatoms. The van der Waals surface area contributed by atoms with Crippen molar-refractivity contribution >= 4 is 69.6 Å². The number of alkyl halides is 4. The summed E-state index contributed by atoms with van der Waals surface area (Å²) in [5.74, 6) is 4.78. The smallest absolute Gasteiger partial charge is 0.0907 e. The Kier molecular flexibility index (Phi) is 3.07. The van der Waals surface area contributed by atoms with Gasteiger partial charge in [-0.3, -0.25) is 0 Å². The van der Waals surface area contributed by atoms with E-state index in [4.69, 9.17) is 69.6 Å². The van der Waals surface area contributed by atoms with Gasteiger partial charge in [0.25, 0.3) is 0 Å². The van der Waals surface area contributed by atoms with Gasteiger partial charge in [-0.25, -0.2) is 0 Å². The fourth-order valence-corrected chi connectivity index (χ4v) is 1.68. The molecule has 0 heterocycles. The van der Waals surface area contributed by atoms with Gasteiger partial charge in [-0.2, -0.15) is 0 Å². The molecule has 0 atom stereocenters. The van der Waals surface area contributed by atoms with Crippen molar-refractivity contribution < 1.29 is 0 Å². The van der Waals surface area contributed by atoms with Crippen LogP contribution < -0.4 is 0 Å².